The molecule has 102 valence electrons. The Morgan fingerprint density at radius 2 is 1.33 bits per heavy atom. The van der Waals surface area contributed by atoms with Gasteiger partial charge in [-0.1, -0.05) is 13.8 Å². The van der Waals surface area contributed by atoms with Crippen LogP contribution in [-0.2, 0) is 19.2 Å². The number of carbonyl (C=O) groups excluding carboxylic acids is 4. The molecule has 8 nitrogen and oxygen atoms in total. The molecule has 0 aromatic carbocycles. The molecule has 4 amide bonds. The number of nitrogens with one attached hydrogen (secondary N) is 3. The molecule has 0 aromatic heterocycles. The normalized spacial score (nSPS) is 9.72. The highest BCUT2D eigenvalue weighted by atomic mass is 16.2. The second kappa shape index (κ2) is 8.04. The third-order valence-corrected chi connectivity index (χ3v) is 1.85. The van der Waals surface area contributed by atoms with Crippen molar-refractivity contribution in [1.29, 1.82) is 0 Å². The zero-order valence-corrected chi connectivity index (χ0v) is 10.4. The summed E-state index contributed by atoms with van der Waals surface area (Å²) in [4.78, 5) is 43.8. The van der Waals surface area contributed by atoms with Gasteiger partial charge in [0.05, 0.1) is 19.6 Å². The lowest BCUT2D eigenvalue weighted by atomic mass is 10.2. The third kappa shape index (κ3) is 8.08. The smallest absolute Gasteiger partial charge is 0.239 e. The van der Waals surface area contributed by atoms with Gasteiger partial charge in [0.25, 0.3) is 0 Å². The molecule has 0 bridgehead atoms. The minimum absolute atomic E-state index is 0.194. The SMILES string of the molecule is CC(C)C(=O)NCC(=O)NCC(=O)NCC(N)=O. The fraction of sp³-hybridized carbons (Fsp3) is 0.600. The monoisotopic (exact) mass is 258 g/mol. The van der Waals surface area contributed by atoms with Crippen molar-refractivity contribution in [3.63, 3.8) is 0 Å². The van der Waals surface area contributed by atoms with E-state index in [-0.39, 0.29) is 31.5 Å². The van der Waals surface area contributed by atoms with Gasteiger partial charge in [0.1, 0.15) is 0 Å². The zero-order valence-electron chi connectivity index (χ0n) is 10.4. The van der Waals surface area contributed by atoms with Crippen LogP contribution in [0.2, 0.25) is 0 Å². The van der Waals surface area contributed by atoms with Gasteiger partial charge in [-0.2, -0.15) is 0 Å². The fourth-order valence-electron chi connectivity index (χ4n) is 0.861. The first-order valence-corrected chi connectivity index (χ1v) is 5.42. The van der Waals surface area contributed by atoms with Gasteiger partial charge in [-0.15, -0.1) is 0 Å². The van der Waals surface area contributed by atoms with Crippen molar-refractivity contribution in [2.24, 2.45) is 11.7 Å². The molecule has 0 aliphatic rings. The van der Waals surface area contributed by atoms with E-state index in [1.165, 1.54) is 0 Å². The predicted molar refractivity (Wildman–Crippen MR) is 63.1 cm³/mol. The highest BCUT2D eigenvalue weighted by Gasteiger charge is 2.09. The summed E-state index contributed by atoms with van der Waals surface area (Å²) < 4.78 is 0. The molecule has 8 heteroatoms. The Morgan fingerprint density at radius 1 is 0.889 bits per heavy atom. The Kier molecular flexibility index (Phi) is 7.10. The summed E-state index contributed by atoms with van der Waals surface area (Å²) in [7, 11) is 0. The number of amides is 4. The first kappa shape index (κ1) is 15.9. The maximum Gasteiger partial charge on any atom is 0.239 e. The second-order valence-corrected chi connectivity index (χ2v) is 3.89. The summed E-state index contributed by atoms with van der Waals surface area (Å²) in [5.41, 5.74) is 4.82. The summed E-state index contributed by atoms with van der Waals surface area (Å²) in [6, 6.07) is 0. The van der Waals surface area contributed by atoms with Crippen molar-refractivity contribution in [1.82, 2.24) is 16.0 Å². The lowest BCUT2D eigenvalue weighted by molar-refractivity contribution is -0.129. The molecule has 18 heavy (non-hydrogen) atoms. The summed E-state index contributed by atoms with van der Waals surface area (Å²) in [6.45, 7) is 2.65. The van der Waals surface area contributed by atoms with Crippen molar-refractivity contribution in [3.8, 4) is 0 Å². The third-order valence-electron chi connectivity index (χ3n) is 1.85. The lowest BCUT2D eigenvalue weighted by Gasteiger charge is -2.08. The van der Waals surface area contributed by atoms with Crippen LogP contribution < -0.4 is 21.7 Å². The molecule has 0 aromatic rings. The molecule has 0 radical (unpaired) electrons. The van der Waals surface area contributed by atoms with Crippen LogP contribution in [0.5, 0.6) is 0 Å². The Hall–Kier alpha value is -2.12. The number of carbonyl (C=O) groups is 4. The van der Waals surface area contributed by atoms with Crippen LogP contribution in [0.1, 0.15) is 13.8 Å². The molecule has 0 fully saturated rings. The Labute approximate surface area is 105 Å². The molecule has 0 rings (SSSR count). The van der Waals surface area contributed by atoms with Crippen molar-refractivity contribution in [2.45, 2.75) is 13.8 Å². The van der Waals surface area contributed by atoms with Crippen molar-refractivity contribution >= 4 is 23.6 Å². The van der Waals surface area contributed by atoms with Crippen LogP contribution in [0, 0.1) is 5.92 Å². The number of primary amides is 1. The molecule has 0 heterocycles. The van der Waals surface area contributed by atoms with Crippen molar-refractivity contribution in [2.75, 3.05) is 19.6 Å². The lowest BCUT2D eigenvalue weighted by Crippen LogP contribution is -2.44. The molecule has 0 atom stereocenters. The maximum atomic E-state index is 11.2. The number of hydrogen-bond donors (Lipinski definition) is 4. The van der Waals surface area contributed by atoms with Crippen molar-refractivity contribution in [3.05, 3.63) is 0 Å². The highest BCUT2D eigenvalue weighted by Crippen LogP contribution is 1.89. The molecule has 0 aliphatic heterocycles. The van der Waals surface area contributed by atoms with E-state index in [0.29, 0.717) is 0 Å². The van der Waals surface area contributed by atoms with Gasteiger partial charge in [-0.25, -0.2) is 0 Å². The van der Waals surface area contributed by atoms with Gasteiger partial charge >= 0.3 is 0 Å². The Morgan fingerprint density at radius 3 is 1.78 bits per heavy atom. The molecular formula is C10H18N4O4. The van der Waals surface area contributed by atoms with E-state index in [4.69, 9.17) is 5.73 Å². The van der Waals surface area contributed by atoms with E-state index >= 15 is 0 Å². The van der Waals surface area contributed by atoms with Crippen LogP contribution in [0.3, 0.4) is 0 Å². The minimum Gasteiger partial charge on any atom is -0.368 e. The standard InChI is InChI=1S/C10H18N4O4/c1-6(2)10(18)14-5-9(17)13-4-8(16)12-3-7(11)15/h6H,3-5H2,1-2H3,(H2,11,15)(H,12,16)(H,13,17)(H,14,18). The number of rotatable bonds is 7. The first-order valence-electron chi connectivity index (χ1n) is 5.42. The number of hydrogen-bond acceptors (Lipinski definition) is 4. The average molecular weight is 258 g/mol. The molecule has 0 aliphatic carbocycles. The van der Waals surface area contributed by atoms with Gasteiger partial charge in [0, 0.05) is 5.92 Å². The highest BCUT2D eigenvalue weighted by molar-refractivity contribution is 5.89. The Balaban J connectivity index is 3.73. The van der Waals surface area contributed by atoms with Crippen LogP contribution in [0.25, 0.3) is 0 Å². The molecule has 0 saturated heterocycles. The van der Waals surface area contributed by atoms with E-state index in [9.17, 15) is 19.2 Å². The van der Waals surface area contributed by atoms with E-state index in [0.717, 1.165) is 0 Å². The summed E-state index contributed by atoms with van der Waals surface area (Å²) in [5.74, 6) is -2.14. The average Bonchev–Trinajstić information content (AvgIpc) is 2.30. The topological polar surface area (TPSA) is 130 Å². The summed E-state index contributed by atoms with van der Waals surface area (Å²) >= 11 is 0. The zero-order chi connectivity index (χ0) is 14.1. The van der Waals surface area contributed by atoms with Gasteiger partial charge in [0.2, 0.25) is 23.6 Å². The van der Waals surface area contributed by atoms with Crippen LogP contribution >= 0.6 is 0 Å². The van der Waals surface area contributed by atoms with Crippen molar-refractivity contribution < 1.29 is 19.2 Å². The quantitative estimate of drug-likeness (QED) is 0.401. The largest absolute Gasteiger partial charge is 0.368 e. The molecule has 0 unspecified atom stereocenters. The fourth-order valence-corrected chi connectivity index (χ4v) is 0.861. The van der Waals surface area contributed by atoms with E-state index < -0.39 is 17.7 Å². The summed E-state index contributed by atoms with van der Waals surface area (Å²) in [5, 5.41) is 6.89. The number of nitrogens with two attached hydrogens (primary N) is 1. The van der Waals surface area contributed by atoms with Gasteiger partial charge in [-0.3, -0.25) is 19.2 Å². The molecule has 0 saturated carbocycles. The molecular weight excluding hydrogens is 240 g/mol. The summed E-state index contributed by atoms with van der Waals surface area (Å²) in [6.07, 6.45) is 0. The second-order valence-electron chi connectivity index (χ2n) is 3.89. The first-order chi connectivity index (χ1) is 8.32. The van der Waals surface area contributed by atoms with Gasteiger partial charge < -0.3 is 21.7 Å². The molecule has 5 N–H and O–H groups in total. The Bertz CT molecular complexity index is 341. The minimum atomic E-state index is -0.668. The predicted octanol–water partition coefficient (Wildman–Crippen LogP) is -2.52. The van der Waals surface area contributed by atoms with Gasteiger partial charge in [-0.05, 0) is 0 Å². The maximum absolute atomic E-state index is 11.2. The van der Waals surface area contributed by atoms with Crippen LogP contribution in [-0.4, -0.2) is 43.3 Å². The van der Waals surface area contributed by atoms with Crippen LogP contribution in [0.15, 0.2) is 0 Å². The van der Waals surface area contributed by atoms with E-state index in [2.05, 4.69) is 16.0 Å². The van der Waals surface area contributed by atoms with E-state index in [1.807, 2.05) is 0 Å². The van der Waals surface area contributed by atoms with Crippen LogP contribution in [0.4, 0.5) is 0 Å². The van der Waals surface area contributed by atoms with Gasteiger partial charge in [0.15, 0.2) is 0 Å². The molecule has 0 spiro atoms. The van der Waals surface area contributed by atoms with E-state index in [1.54, 1.807) is 13.8 Å².